The SMILES string of the molecule is O=C(O)Cc1ccc(-c2ccccc2)c(I)c1. The topological polar surface area (TPSA) is 37.3 Å². The molecular formula is C14H11IO2. The first-order valence-corrected chi connectivity index (χ1v) is 6.30. The second kappa shape index (κ2) is 5.31. The molecule has 0 fully saturated rings. The van der Waals surface area contributed by atoms with E-state index in [0.29, 0.717) is 0 Å². The van der Waals surface area contributed by atoms with E-state index in [1.54, 1.807) is 0 Å². The van der Waals surface area contributed by atoms with E-state index in [1.807, 2.05) is 48.5 Å². The highest BCUT2D eigenvalue weighted by Gasteiger charge is 2.06. The van der Waals surface area contributed by atoms with Crippen molar-refractivity contribution in [2.75, 3.05) is 0 Å². The average molecular weight is 338 g/mol. The minimum atomic E-state index is -0.798. The summed E-state index contributed by atoms with van der Waals surface area (Å²) in [6.45, 7) is 0. The maximum Gasteiger partial charge on any atom is 0.307 e. The smallest absolute Gasteiger partial charge is 0.307 e. The Morgan fingerprint density at radius 1 is 1.12 bits per heavy atom. The third kappa shape index (κ3) is 3.06. The van der Waals surface area contributed by atoms with Crippen molar-refractivity contribution in [3.8, 4) is 11.1 Å². The minimum absolute atomic E-state index is 0.0745. The molecule has 0 atom stereocenters. The van der Waals surface area contributed by atoms with Crippen molar-refractivity contribution in [3.63, 3.8) is 0 Å². The average Bonchev–Trinajstić information content (AvgIpc) is 2.29. The molecule has 86 valence electrons. The van der Waals surface area contributed by atoms with Gasteiger partial charge in [-0.25, -0.2) is 0 Å². The lowest BCUT2D eigenvalue weighted by Crippen LogP contribution is -2.00. The summed E-state index contributed by atoms with van der Waals surface area (Å²) in [5.74, 6) is -0.798. The molecular weight excluding hydrogens is 327 g/mol. The summed E-state index contributed by atoms with van der Waals surface area (Å²) < 4.78 is 1.08. The van der Waals surface area contributed by atoms with Gasteiger partial charge in [0.1, 0.15) is 0 Å². The van der Waals surface area contributed by atoms with Crippen LogP contribution in [0.5, 0.6) is 0 Å². The normalized spacial score (nSPS) is 10.2. The maximum atomic E-state index is 10.6. The molecule has 0 amide bonds. The van der Waals surface area contributed by atoms with Crippen LogP contribution < -0.4 is 0 Å². The van der Waals surface area contributed by atoms with Gasteiger partial charge in [-0.15, -0.1) is 0 Å². The molecule has 0 aliphatic rings. The van der Waals surface area contributed by atoms with E-state index in [-0.39, 0.29) is 6.42 Å². The number of halogens is 1. The van der Waals surface area contributed by atoms with Crippen molar-refractivity contribution < 1.29 is 9.90 Å². The van der Waals surface area contributed by atoms with Crippen LogP contribution in [0, 0.1) is 3.57 Å². The van der Waals surface area contributed by atoms with Gasteiger partial charge in [0, 0.05) is 3.57 Å². The molecule has 0 aromatic heterocycles. The van der Waals surface area contributed by atoms with Crippen molar-refractivity contribution in [1.29, 1.82) is 0 Å². The number of carboxylic acid groups (broad SMARTS) is 1. The van der Waals surface area contributed by atoms with E-state index in [9.17, 15) is 4.79 Å². The van der Waals surface area contributed by atoms with Crippen LogP contribution in [0.3, 0.4) is 0 Å². The second-order valence-electron chi connectivity index (χ2n) is 3.75. The van der Waals surface area contributed by atoms with Crippen LogP contribution in [-0.2, 0) is 11.2 Å². The summed E-state index contributed by atoms with van der Waals surface area (Å²) in [6, 6.07) is 15.9. The summed E-state index contributed by atoms with van der Waals surface area (Å²) >= 11 is 2.24. The molecule has 2 aromatic carbocycles. The fourth-order valence-electron chi connectivity index (χ4n) is 1.70. The Hall–Kier alpha value is -1.36. The summed E-state index contributed by atoms with van der Waals surface area (Å²) in [5, 5.41) is 8.74. The molecule has 3 heteroatoms. The van der Waals surface area contributed by atoms with Crippen LogP contribution in [0.1, 0.15) is 5.56 Å². The monoisotopic (exact) mass is 338 g/mol. The fourth-order valence-corrected chi connectivity index (χ4v) is 2.59. The van der Waals surface area contributed by atoms with Crippen molar-refractivity contribution in [2.24, 2.45) is 0 Å². The van der Waals surface area contributed by atoms with Gasteiger partial charge in [0.25, 0.3) is 0 Å². The van der Waals surface area contributed by atoms with Gasteiger partial charge in [0.05, 0.1) is 6.42 Å². The lowest BCUT2D eigenvalue weighted by atomic mass is 10.0. The molecule has 2 nitrogen and oxygen atoms in total. The molecule has 17 heavy (non-hydrogen) atoms. The highest BCUT2D eigenvalue weighted by molar-refractivity contribution is 14.1. The predicted molar refractivity (Wildman–Crippen MR) is 75.9 cm³/mol. The van der Waals surface area contributed by atoms with Gasteiger partial charge in [-0.3, -0.25) is 4.79 Å². The third-order valence-corrected chi connectivity index (χ3v) is 3.37. The molecule has 0 radical (unpaired) electrons. The van der Waals surface area contributed by atoms with E-state index in [4.69, 9.17) is 5.11 Å². The number of hydrogen-bond acceptors (Lipinski definition) is 1. The minimum Gasteiger partial charge on any atom is -0.481 e. The van der Waals surface area contributed by atoms with Crippen LogP contribution in [0.15, 0.2) is 48.5 Å². The van der Waals surface area contributed by atoms with Gasteiger partial charge >= 0.3 is 5.97 Å². The molecule has 0 aliphatic carbocycles. The number of benzene rings is 2. The van der Waals surface area contributed by atoms with Crippen molar-refractivity contribution in [1.82, 2.24) is 0 Å². The van der Waals surface area contributed by atoms with Gasteiger partial charge < -0.3 is 5.11 Å². The molecule has 0 saturated heterocycles. The van der Waals surface area contributed by atoms with Gasteiger partial charge in [-0.1, -0.05) is 42.5 Å². The Morgan fingerprint density at radius 2 is 1.82 bits per heavy atom. The van der Waals surface area contributed by atoms with Gasteiger partial charge in [0.2, 0.25) is 0 Å². The van der Waals surface area contributed by atoms with E-state index < -0.39 is 5.97 Å². The Labute approximate surface area is 113 Å². The molecule has 0 bridgehead atoms. The van der Waals surface area contributed by atoms with Crippen LogP contribution in [-0.4, -0.2) is 11.1 Å². The quantitative estimate of drug-likeness (QED) is 0.869. The molecule has 2 aromatic rings. The largest absolute Gasteiger partial charge is 0.481 e. The number of aliphatic carboxylic acids is 1. The zero-order valence-corrected chi connectivity index (χ0v) is 11.2. The van der Waals surface area contributed by atoms with Crippen LogP contribution in [0.4, 0.5) is 0 Å². The van der Waals surface area contributed by atoms with Gasteiger partial charge in [0.15, 0.2) is 0 Å². The first kappa shape index (κ1) is 12.1. The van der Waals surface area contributed by atoms with Crippen molar-refractivity contribution >= 4 is 28.6 Å². The van der Waals surface area contributed by atoms with E-state index in [2.05, 4.69) is 22.6 Å². The molecule has 0 unspecified atom stereocenters. The van der Waals surface area contributed by atoms with Gasteiger partial charge in [-0.2, -0.15) is 0 Å². The zero-order chi connectivity index (χ0) is 12.3. The molecule has 0 spiro atoms. The fraction of sp³-hybridized carbons (Fsp3) is 0.0714. The highest BCUT2D eigenvalue weighted by atomic mass is 127. The summed E-state index contributed by atoms with van der Waals surface area (Å²) in [6.07, 6.45) is 0.0745. The van der Waals surface area contributed by atoms with Crippen LogP contribution in [0.25, 0.3) is 11.1 Å². The molecule has 0 heterocycles. The summed E-state index contributed by atoms with van der Waals surface area (Å²) in [5.41, 5.74) is 3.13. The Bertz CT molecular complexity index is 535. The van der Waals surface area contributed by atoms with Crippen molar-refractivity contribution in [2.45, 2.75) is 6.42 Å². The standard InChI is InChI=1S/C14H11IO2/c15-13-8-10(9-14(16)17)6-7-12(13)11-4-2-1-3-5-11/h1-8H,9H2,(H,16,17). The Morgan fingerprint density at radius 3 is 2.41 bits per heavy atom. The zero-order valence-electron chi connectivity index (χ0n) is 9.06. The first-order chi connectivity index (χ1) is 8.16. The lowest BCUT2D eigenvalue weighted by Gasteiger charge is -2.06. The molecule has 0 saturated carbocycles. The highest BCUT2D eigenvalue weighted by Crippen LogP contribution is 2.26. The van der Waals surface area contributed by atoms with Gasteiger partial charge in [-0.05, 0) is 45.3 Å². The van der Waals surface area contributed by atoms with Crippen LogP contribution >= 0.6 is 22.6 Å². The number of carboxylic acids is 1. The summed E-state index contributed by atoms with van der Waals surface area (Å²) in [4.78, 5) is 10.6. The molecule has 2 rings (SSSR count). The maximum absolute atomic E-state index is 10.6. The molecule has 1 N–H and O–H groups in total. The Balaban J connectivity index is 2.35. The first-order valence-electron chi connectivity index (χ1n) is 5.22. The predicted octanol–water partition coefficient (Wildman–Crippen LogP) is 3.59. The summed E-state index contributed by atoms with van der Waals surface area (Å²) in [7, 11) is 0. The third-order valence-electron chi connectivity index (χ3n) is 2.47. The molecule has 0 aliphatic heterocycles. The van der Waals surface area contributed by atoms with E-state index in [1.165, 1.54) is 0 Å². The second-order valence-corrected chi connectivity index (χ2v) is 4.91. The number of rotatable bonds is 3. The van der Waals surface area contributed by atoms with E-state index >= 15 is 0 Å². The van der Waals surface area contributed by atoms with Crippen molar-refractivity contribution in [3.05, 3.63) is 57.7 Å². The lowest BCUT2D eigenvalue weighted by molar-refractivity contribution is -0.136. The van der Waals surface area contributed by atoms with E-state index in [0.717, 1.165) is 20.3 Å². The number of carbonyl (C=O) groups is 1. The van der Waals surface area contributed by atoms with Crippen LogP contribution in [0.2, 0.25) is 0 Å². The Kier molecular flexibility index (Phi) is 3.78. The number of hydrogen-bond donors (Lipinski definition) is 1.